The van der Waals surface area contributed by atoms with Gasteiger partial charge < -0.3 is 19.8 Å². The van der Waals surface area contributed by atoms with Crippen LogP contribution in [-0.2, 0) is 9.59 Å². The summed E-state index contributed by atoms with van der Waals surface area (Å²) in [6.07, 6.45) is 7.65. The van der Waals surface area contributed by atoms with Crippen molar-refractivity contribution in [3.8, 4) is 0 Å². The van der Waals surface area contributed by atoms with Gasteiger partial charge in [-0.05, 0) is 56.5 Å². The van der Waals surface area contributed by atoms with Crippen LogP contribution >= 0.6 is 25.3 Å². The second-order valence-corrected chi connectivity index (χ2v) is 6.76. The molecule has 0 aromatic heterocycles. The molecule has 0 atom stereocenters. The van der Waals surface area contributed by atoms with Crippen molar-refractivity contribution in [1.82, 2.24) is 0 Å². The molecule has 130 valence electrons. The van der Waals surface area contributed by atoms with E-state index >= 15 is 0 Å². The van der Waals surface area contributed by atoms with Crippen LogP contribution in [0.1, 0.15) is 70.6 Å². The molecule has 0 aromatic rings. The lowest BCUT2D eigenvalue weighted by atomic mass is 9.75. The van der Waals surface area contributed by atoms with Crippen LogP contribution < -0.4 is 10.2 Å². The predicted molar refractivity (Wildman–Crippen MR) is 90.9 cm³/mol. The Hall–Kier alpha value is -0.360. The zero-order chi connectivity index (χ0) is 16.8. The standard InChI is InChI=1S/C16H30O4S2/c17-14(18)8-4-2-1-3-5-9-16(15(19)20,10-6-12-21)11-7-13-22/h21-22H,1-13H2,(H,17,18)(H,19,20)/p-2. The third-order valence-corrected chi connectivity index (χ3v) is 4.73. The maximum atomic E-state index is 11.6. The van der Waals surface area contributed by atoms with Gasteiger partial charge in [0.05, 0.1) is 0 Å². The molecule has 0 saturated carbocycles. The fraction of sp³-hybridized carbons (Fsp3) is 0.875. The Morgan fingerprint density at radius 1 is 0.727 bits per heavy atom. The molecule has 0 aromatic carbocycles. The summed E-state index contributed by atoms with van der Waals surface area (Å²) in [7, 11) is 0. The van der Waals surface area contributed by atoms with Crippen LogP contribution in [0, 0.1) is 5.41 Å². The molecule has 0 radical (unpaired) electrons. The Balaban J connectivity index is 4.20. The maximum absolute atomic E-state index is 11.6. The van der Waals surface area contributed by atoms with Crippen LogP contribution in [0.2, 0.25) is 0 Å². The molecule has 0 heterocycles. The van der Waals surface area contributed by atoms with Crippen molar-refractivity contribution in [1.29, 1.82) is 0 Å². The average Bonchev–Trinajstić information content (AvgIpc) is 2.47. The molecule has 0 N–H and O–H groups in total. The van der Waals surface area contributed by atoms with E-state index in [1.54, 1.807) is 0 Å². The highest BCUT2D eigenvalue weighted by Crippen LogP contribution is 2.35. The molecule has 0 rings (SSSR count). The van der Waals surface area contributed by atoms with Crippen LogP contribution in [0.4, 0.5) is 0 Å². The minimum atomic E-state index is -1.01. The zero-order valence-corrected chi connectivity index (χ0v) is 15.0. The van der Waals surface area contributed by atoms with Crippen molar-refractivity contribution in [2.75, 3.05) is 11.5 Å². The van der Waals surface area contributed by atoms with Crippen molar-refractivity contribution < 1.29 is 19.8 Å². The van der Waals surface area contributed by atoms with Gasteiger partial charge in [-0.25, -0.2) is 0 Å². The number of thiol groups is 2. The second-order valence-electron chi connectivity index (χ2n) is 5.86. The molecule has 0 unspecified atom stereocenters. The average molecular weight is 349 g/mol. The Morgan fingerprint density at radius 2 is 1.18 bits per heavy atom. The summed E-state index contributed by atoms with van der Waals surface area (Å²) >= 11 is 8.35. The van der Waals surface area contributed by atoms with Gasteiger partial charge in [-0.15, -0.1) is 0 Å². The van der Waals surface area contributed by atoms with E-state index < -0.39 is 17.4 Å². The summed E-state index contributed by atoms with van der Waals surface area (Å²) in [4.78, 5) is 21.9. The van der Waals surface area contributed by atoms with E-state index in [2.05, 4.69) is 25.3 Å². The number of unbranched alkanes of at least 4 members (excludes halogenated alkanes) is 4. The van der Waals surface area contributed by atoms with Gasteiger partial charge in [-0.1, -0.05) is 25.7 Å². The van der Waals surface area contributed by atoms with Crippen molar-refractivity contribution in [2.24, 2.45) is 5.41 Å². The van der Waals surface area contributed by atoms with E-state index in [0.717, 1.165) is 38.5 Å². The van der Waals surface area contributed by atoms with Crippen molar-refractivity contribution in [3.05, 3.63) is 0 Å². The smallest absolute Gasteiger partial charge is 0.0476 e. The number of carbonyl (C=O) groups excluding carboxylic acids is 2. The van der Waals surface area contributed by atoms with E-state index in [0.29, 0.717) is 37.2 Å². The minimum absolute atomic E-state index is 0.104. The Morgan fingerprint density at radius 3 is 1.64 bits per heavy atom. The first-order chi connectivity index (χ1) is 10.5. The van der Waals surface area contributed by atoms with Gasteiger partial charge in [0.15, 0.2) is 0 Å². The molecule has 0 bridgehead atoms. The van der Waals surface area contributed by atoms with E-state index in [4.69, 9.17) is 0 Å². The number of hydrogen-bond acceptors (Lipinski definition) is 6. The van der Waals surface area contributed by atoms with E-state index in [1.807, 2.05) is 0 Å². The van der Waals surface area contributed by atoms with Gasteiger partial charge in [0, 0.05) is 17.4 Å². The lowest BCUT2D eigenvalue weighted by Gasteiger charge is -2.35. The molecule has 0 amide bonds. The Bertz CT molecular complexity index is 313. The lowest BCUT2D eigenvalue weighted by Crippen LogP contribution is -2.42. The number of carboxylic acids is 2. The number of rotatable bonds is 15. The predicted octanol–water partition coefficient (Wildman–Crippen LogP) is 1.62. The van der Waals surface area contributed by atoms with Gasteiger partial charge in [-0.2, -0.15) is 25.3 Å². The molecule has 0 fully saturated rings. The highest BCUT2D eigenvalue weighted by atomic mass is 32.1. The first-order valence-corrected chi connectivity index (χ1v) is 9.38. The van der Waals surface area contributed by atoms with E-state index in [-0.39, 0.29) is 6.42 Å². The van der Waals surface area contributed by atoms with E-state index in [1.165, 1.54) is 0 Å². The van der Waals surface area contributed by atoms with Gasteiger partial charge in [0.1, 0.15) is 0 Å². The molecule has 6 heteroatoms. The summed E-state index contributed by atoms with van der Waals surface area (Å²) in [5.74, 6) is -0.597. The van der Waals surface area contributed by atoms with Crippen LogP contribution in [0.5, 0.6) is 0 Å². The van der Waals surface area contributed by atoms with Crippen molar-refractivity contribution in [2.45, 2.75) is 70.6 Å². The summed E-state index contributed by atoms with van der Waals surface area (Å²) in [6.45, 7) is 0. The quantitative estimate of drug-likeness (QED) is 0.348. The fourth-order valence-electron chi connectivity index (χ4n) is 2.78. The van der Waals surface area contributed by atoms with Gasteiger partial charge in [0.2, 0.25) is 0 Å². The van der Waals surface area contributed by atoms with Crippen molar-refractivity contribution >= 4 is 37.2 Å². The van der Waals surface area contributed by atoms with Crippen LogP contribution in [0.3, 0.4) is 0 Å². The third-order valence-electron chi connectivity index (χ3n) is 4.10. The first-order valence-electron chi connectivity index (χ1n) is 8.11. The molecule has 22 heavy (non-hydrogen) atoms. The van der Waals surface area contributed by atoms with E-state index in [9.17, 15) is 19.8 Å². The Labute approximate surface area is 144 Å². The fourth-order valence-corrected chi connectivity index (χ4v) is 3.10. The monoisotopic (exact) mass is 348 g/mol. The Kier molecular flexibility index (Phi) is 12.9. The topological polar surface area (TPSA) is 80.3 Å². The molecule has 0 aliphatic rings. The number of carbonyl (C=O) groups is 2. The normalized spacial score (nSPS) is 11.5. The third kappa shape index (κ3) is 9.62. The van der Waals surface area contributed by atoms with Crippen molar-refractivity contribution in [3.63, 3.8) is 0 Å². The van der Waals surface area contributed by atoms with Crippen LogP contribution in [0.15, 0.2) is 0 Å². The molecule has 0 spiro atoms. The highest BCUT2D eigenvalue weighted by Gasteiger charge is 2.30. The minimum Gasteiger partial charge on any atom is -0.550 e. The molecule has 0 aliphatic carbocycles. The molecule has 0 saturated heterocycles. The largest absolute Gasteiger partial charge is 0.550 e. The molecular weight excluding hydrogens is 320 g/mol. The second kappa shape index (κ2) is 13.1. The molecular formula is C16H28O4S2-2. The SMILES string of the molecule is O=C([O-])CCCCCCCC(CCCS)(CCCS)C(=O)[O-]. The summed E-state index contributed by atoms with van der Waals surface area (Å²) in [6, 6.07) is 0. The number of hydrogen-bond donors (Lipinski definition) is 2. The zero-order valence-electron chi connectivity index (χ0n) is 13.2. The lowest BCUT2D eigenvalue weighted by molar-refractivity contribution is -0.320. The summed E-state index contributed by atoms with van der Waals surface area (Å²) < 4.78 is 0. The summed E-state index contributed by atoms with van der Waals surface area (Å²) in [5.41, 5.74) is -0.754. The van der Waals surface area contributed by atoms with Crippen LogP contribution in [0.25, 0.3) is 0 Å². The molecule has 0 aliphatic heterocycles. The number of carboxylic acid groups (broad SMARTS) is 2. The maximum Gasteiger partial charge on any atom is 0.0476 e. The first kappa shape index (κ1) is 21.6. The highest BCUT2D eigenvalue weighted by molar-refractivity contribution is 7.80. The van der Waals surface area contributed by atoms with Crippen LogP contribution in [-0.4, -0.2) is 23.4 Å². The van der Waals surface area contributed by atoms with Gasteiger partial charge >= 0.3 is 0 Å². The van der Waals surface area contributed by atoms with Gasteiger partial charge in [0.25, 0.3) is 0 Å². The number of aliphatic carboxylic acids is 2. The summed E-state index contributed by atoms with van der Waals surface area (Å²) in [5, 5.41) is 21.9. The molecule has 4 nitrogen and oxygen atoms in total. The van der Waals surface area contributed by atoms with Gasteiger partial charge in [-0.3, -0.25) is 0 Å².